The van der Waals surface area contributed by atoms with Gasteiger partial charge in [-0.1, -0.05) is 6.07 Å². The number of carbonyl (C=O) groups is 1. The highest BCUT2D eigenvalue weighted by Gasteiger charge is 2.20. The maximum absolute atomic E-state index is 12.9. The van der Waals surface area contributed by atoms with Crippen LogP contribution in [0.15, 0.2) is 45.6 Å². The molecule has 25 heavy (non-hydrogen) atoms. The van der Waals surface area contributed by atoms with E-state index in [1.807, 2.05) is 19.9 Å². The fraction of sp³-hybridized carbons (Fsp3) is 0.200. The molecule has 0 spiro atoms. The summed E-state index contributed by atoms with van der Waals surface area (Å²) < 4.78 is 16.3. The first kappa shape index (κ1) is 16.8. The number of hydrogen-bond acceptors (Lipinski definition) is 5. The first-order valence-corrected chi connectivity index (χ1v) is 7.81. The second-order valence-corrected chi connectivity index (χ2v) is 5.87. The van der Waals surface area contributed by atoms with E-state index >= 15 is 0 Å². The fourth-order valence-electron chi connectivity index (χ4n) is 2.80. The van der Waals surface area contributed by atoms with Gasteiger partial charge in [0.05, 0.1) is 12.5 Å². The van der Waals surface area contributed by atoms with Crippen LogP contribution < -0.4 is 14.9 Å². The Morgan fingerprint density at radius 3 is 2.36 bits per heavy atom. The van der Waals surface area contributed by atoms with Crippen LogP contribution in [0.1, 0.15) is 18.1 Å². The fourth-order valence-corrected chi connectivity index (χ4v) is 2.80. The van der Waals surface area contributed by atoms with Crippen LogP contribution in [0.5, 0.6) is 11.5 Å². The van der Waals surface area contributed by atoms with E-state index in [4.69, 9.17) is 13.9 Å². The largest absolute Gasteiger partial charge is 0.497 e. The predicted molar refractivity (Wildman–Crippen MR) is 95.3 cm³/mol. The first-order chi connectivity index (χ1) is 11.9. The van der Waals surface area contributed by atoms with Crippen molar-refractivity contribution < 1.29 is 18.7 Å². The average molecular weight is 338 g/mol. The molecule has 0 N–H and O–H groups in total. The maximum Gasteiger partial charge on any atom is 0.308 e. The number of esters is 1. The van der Waals surface area contributed by atoms with E-state index in [0.29, 0.717) is 22.3 Å². The minimum atomic E-state index is -0.578. The van der Waals surface area contributed by atoms with E-state index in [2.05, 4.69) is 0 Å². The lowest BCUT2D eigenvalue weighted by Crippen LogP contribution is -2.14. The van der Waals surface area contributed by atoms with Gasteiger partial charge in [0.15, 0.2) is 5.76 Å². The molecule has 0 unspecified atom stereocenters. The Morgan fingerprint density at radius 1 is 1.08 bits per heavy atom. The predicted octanol–water partition coefficient (Wildman–Crippen LogP) is 4.01. The zero-order valence-electron chi connectivity index (χ0n) is 14.5. The van der Waals surface area contributed by atoms with Gasteiger partial charge >= 0.3 is 5.97 Å². The monoisotopic (exact) mass is 338 g/mol. The molecular formula is C20H18O5. The van der Waals surface area contributed by atoms with Gasteiger partial charge in [-0.25, -0.2) is 0 Å². The molecule has 0 aliphatic carbocycles. The molecular weight excluding hydrogens is 320 g/mol. The molecule has 1 aromatic heterocycles. The van der Waals surface area contributed by atoms with Crippen molar-refractivity contribution in [3.05, 3.63) is 57.7 Å². The number of rotatable bonds is 3. The Morgan fingerprint density at radius 2 is 1.76 bits per heavy atom. The summed E-state index contributed by atoms with van der Waals surface area (Å²) in [5.41, 5.74) is 2.52. The highest BCUT2D eigenvalue weighted by Crippen LogP contribution is 2.33. The number of ether oxygens (including phenoxy) is 2. The molecule has 0 aliphatic heterocycles. The Labute approximate surface area is 144 Å². The van der Waals surface area contributed by atoms with Crippen molar-refractivity contribution in [2.75, 3.05) is 7.11 Å². The van der Waals surface area contributed by atoms with Gasteiger partial charge in [-0.15, -0.1) is 0 Å². The van der Waals surface area contributed by atoms with Gasteiger partial charge < -0.3 is 13.9 Å². The van der Waals surface area contributed by atoms with Crippen LogP contribution in [0, 0.1) is 13.8 Å². The van der Waals surface area contributed by atoms with Crippen LogP contribution in [0.4, 0.5) is 0 Å². The Bertz CT molecular complexity index is 1010. The van der Waals surface area contributed by atoms with Gasteiger partial charge in [-0.2, -0.15) is 0 Å². The first-order valence-electron chi connectivity index (χ1n) is 7.81. The Kier molecular flexibility index (Phi) is 4.31. The highest BCUT2D eigenvalue weighted by atomic mass is 16.5. The molecule has 5 heteroatoms. The van der Waals surface area contributed by atoms with Gasteiger partial charge in [0.1, 0.15) is 11.3 Å². The molecule has 3 rings (SSSR count). The topological polar surface area (TPSA) is 65.7 Å². The lowest BCUT2D eigenvalue weighted by atomic mass is 10.1. The van der Waals surface area contributed by atoms with Crippen LogP contribution in [0.2, 0.25) is 0 Å². The lowest BCUT2D eigenvalue weighted by Gasteiger charge is -2.11. The van der Waals surface area contributed by atoms with Crippen LogP contribution in [0.3, 0.4) is 0 Å². The van der Waals surface area contributed by atoms with E-state index < -0.39 is 5.97 Å². The van der Waals surface area contributed by atoms with E-state index in [0.717, 1.165) is 11.1 Å². The van der Waals surface area contributed by atoms with Gasteiger partial charge in [0, 0.05) is 12.5 Å². The number of aryl methyl sites for hydroxylation is 2. The molecule has 1 heterocycles. The second-order valence-electron chi connectivity index (χ2n) is 5.87. The summed E-state index contributed by atoms with van der Waals surface area (Å²) in [7, 11) is 1.57. The summed E-state index contributed by atoms with van der Waals surface area (Å²) in [5.74, 6) is 0.219. The zero-order valence-corrected chi connectivity index (χ0v) is 14.5. The number of hydrogen-bond donors (Lipinski definition) is 0. The molecule has 0 saturated heterocycles. The molecule has 0 atom stereocenters. The Balaban J connectivity index is 2.35. The molecule has 0 aliphatic rings. The van der Waals surface area contributed by atoms with Crippen LogP contribution in [-0.2, 0) is 4.79 Å². The molecule has 0 amide bonds. The zero-order chi connectivity index (χ0) is 18.1. The number of benzene rings is 2. The third-order valence-electron chi connectivity index (χ3n) is 3.88. The minimum absolute atomic E-state index is 0.102. The average Bonchev–Trinajstić information content (AvgIpc) is 2.57. The molecule has 3 aromatic rings. The molecule has 0 fully saturated rings. The van der Waals surface area contributed by atoms with Crippen molar-refractivity contribution in [2.24, 2.45) is 0 Å². The third kappa shape index (κ3) is 3.13. The number of methoxy groups -OCH3 is 1. The third-order valence-corrected chi connectivity index (χ3v) is 3.88. The van der Waals surface area contributed by atoms with E-state index in [1.165, 1.54) is 6.92 Å². The van der Waals surface area contributed by atoms with Crippen molar-refractivity contribution in [3.8, 4) is 22.8 Å². The molecule has 0 bridgehead atoms. The van der Waals surface area contributed by atoms with Gasteiger partial charge in [-0.05, 0) is 55.3 Å². The van der Waals surface area contributed by atoms with Gasteiger partial charge in [0.25, 0.3) is 0 Å². The van der Waals surface area contributed by atoms with Crippen molar-refractivity contribution in [1.29, 1.82) is 0 Å². The maximum atomic E-state index is 12.9. The Hall–Kier alpha value is -3.08. The van der Waals surface area contributed by atoms with Crippen molar-refractivity contribution in [3.63, 3.8) is 0 Å². The highest BCUT2D eigenvalue weighted by molar-refractivity contribution is 5.86. The van der Waals surface area contributed by atoms with Crippen molar-refractivity contribution in [1.82, 2.24) is 0 Å². The van der Waals surface area contributed by atoms with Crippen molar-refractivity contribution >= 4 is 16.9 Å². The molecule has 5 nitrogen and oxygen atoms in total. The smallest absolute Gasteiger partial charge is 0.308 e. The number of fused-ring (bicyclic) bond motifs is 1. The summed E-state index contributed by atoms with van der Waals surface area (Å²) in [6.07, 6.45) is 0. The minimum Gasteiger partial charge on any atom is -0.497 e. The SMILES string of the molecule is COc1ccc(-c2oc3c(C)cc(C)cc3c(=O)c2OC(C)=O)cc1. The van der Waals surface area contributed by atoms with Crippen LogP contribution in [0.25, 0.3) is 22.3 Å². The summed E-state index contributed by atoms with van der Waals surface area (Å²) in [4.78, 5) is 24.4. The summed E-state index contributed by atoms with van der Waals surface area (Å²) in [5, 5.41) is 0.394. The quantitative estimate of drug-likeness (QED) is 0.675. The van der Waals surface area contributed by atoms with Crippen LogP contribution >= 0.6 is 0 Å². The van der Waals surface area contributed by atoms with E-state index in [9.17, 15) is 9.59 Å². The summed E-state index contributed by atoms with van der Waals surface area (Å²) >= 11 is 0. The molecule has 128 valence electrons. The molecule has 2 aromatic carbocycles. The standard InChI is InChI=1S/C20H18O5/c1-11-9-12(2)18-16(10-11)17(22)20(24-13(3)21)19(25-18)14-5-7-15(23-4)8-6-14/h5-10H,1-4H3. The second kappa shape index (κ2) is 6.43. The van der Waals surface area contributed by atoms with E-state index in [-0.39, 0.29) is 16.9 Å². The normalized spacial score (nSPS) is 10.7. The summed E-state index contributed by atoms with van der Waals surface area (Å²) in [6.45, 7) is 5.03. The lowest BCUT2D eigenvalue weighted by molar-refractivity contribution is -0.131. The molecule has 0 radical (unpaired) electrons. The van der Waals surface area contributed by atoms with Gasteiger partial charge in [-0.3, -0.25) is 9.59 Å². The number of carbonyl (C=O) groups excluding carboxylic acids is 1. The van der Waals surface area contributed by atoms with Crippen LogP contribution in [-0.4, -0.2) is 13.1 Å². The molecule has 0 saturated carbocycles. The van der Waals surface area contributed by atoms with Crippen molar-refractivity contribution in [2.45, 2.75) is 20.8 Å². The summed E-state index contributed by atoms with van der Waals surface area (Å²) in [6, 6.07) is 10.7. The van der Waals surface area contributed by atoms with Gasteiger partial charge in [0.2, 0.25) is 11.2 Å². The van der Waals surface area contributed by atoms with E-state index in [1.54, 1.807) is 37.4 Å².